The smallest absolute Gasteiger partial charge is 0.433 e. The Bertz CT molecular complexity index is 1230. The van der Waals surface area contributed by atoms with E-state index in [-0.39, 0.29) is 22.9 Å². The Labute approximate surface area is 197 Å². The molecule has 4 rings (SSSR count). The number of aliphatic hydroxyl groups is 1. The van der Waals surface area contributed by atoms with E-state index in [9.17, 15) is 23.1 Å². The number of hydrogen-bond donors (Lipinski definition) is 2. The van der Waals surface area contributed by atoms with Gasteiger partial charge in [-0.2, -0.15) is 13.2 Å². The molecular formula is C24H18ClF3N2O4. The number of carbonyl (C=O) groups is 1. The summed E-state index contributed by atoms with van der Waals surface area (Å²) in [4.78, 5) is 15.7. The van der Waals surface area contributed by atoms with E-state index in [1.807, 2.05) is 0 Å². The monoisotopic (exact) mass is 490 g/mol. The minimum Gasteiger partial charge on any atom is -0.512 e. The number of anilines is 1. The maximum absolute atomic E-state index is 12.6. The number of fused-ring (bicyclic) bond motifs is 1. The van der Waals surface area contributed by atoms with Gasteiger partial charge in [-0.15, -0.1) is 0 Å². The van der Waals surface area contributed by atoms with Crippen LogP contribution in [0.5, 0.6) is 17.2 Å². The van der Waals surface area contributed by atoms with Crippen molar-refractivity contribution in [2.45, 2.75) is 18.5 Å². The average molecular weight is 491 g/mol. The molecule has 0 saturated heterocycles. The maximum atomic E-state index is 12.6. The van der Waals surface area contributed by atoms with Crippen LogP contribution < -0.4 is 14.8 Å². The number of benzene rings is 2. The van der Waals surface area contributed by atoms with Crippen molar-refractivity contribution in [3.8, 4) is 17.2 Å². The van der Waals surface area contributed by atoms with Crippen molar-refractivity contribution >= 4 is 23.2 Å². The van der Waals surface area contributed by atoms with Gasteiger partial charge in [-0.3, -0.25) is 4.79 Å². The highest BCUT2D eigenvalue weighted by molar-refractivity contribution is 6.32. The lowest BCUT2D eigenvalue weighted by molar-refractivity contribution is -0.141. The van der Waals surface area contributed by atoms with Gasteiger partial charge >= 0.3 is 6.18 Å². The van der Waals surface area contributed by atoms with Crippen molar-refractivity contribution in [1.29, 1.82) is 0 Å². The fourth-order valence-electron chi connectivity index (χ4n) is 3.45. The number of aliphatic hydroxyl groups excluding tert-OH is 1. The molecule has 1 amide bonds. The molecule has 0 aliphatic carbocycles. The number of nitrogens with zero attached hydrogens (tertiary/aromatic N) is 1. The molecule has 0 saturated carbocycles. The minimum atomic E-state index is -4.55. The molecule has 1 unspecified atom stereocenters. The standard InChI is InChI=1S/C24H18ClF3N2O4/c1-13(31)17-8-9-33-20-11-21(19(25)10-18(17)20)34-16-5-2-14(3-6-16)23(32)30-15-4-7-22(29-12-15)24(26,27)28/h2-7,10-12,17,31H,1,8-9H2,(H,30,32). The lowest BCUT2D eigenvalue weighted by atomic mass is 9.92. The third-order valence-corrected chi connectivity index (χ3v) is 5.46. The summed E-state index contributed by atoms with van der Waals surface area (Å²) in [5.74, 6) is 0.505. The van der Waals surface area contributed by atoms with Crippen molar-refractivity contribution in [3.63, 3.8) is 0 Å². The number of nitrogens with one attached hydrogen (secondary N) is 1. The third-order valence-electron chi connectivity index (χ3n) is 5.16. The second kappa shape index (κ2) is 9.26. The average Bonchev–Trinajstić information content (AvgIpc) is 2.79. The van der Waals surface area contributed by atoms with Crippen LogP contribution in [0.2, 0.25) is 5.02 Å². The Kier molecular flexibility index (Phi) is 6.39. The Morgan fingerprint density at radius 2 is 1.94 bits per heavy atom. The highest BCUT2D eigenvalue weighted by Crippen LogP contribution is 2.43. The number of ether oxygens (including phenoxy) is 2. The highest BCUT2D eigenvalue weighted by atomic mass is 35.5. The fraction of sp³-hybridized carbons (Fsp3) is 0.167. The molecule has 1 atom stereocenters. The number of aromatic nitrogens is 1. The van der Waals surface area contributed by atoms with Crippen LogP contribution in [0.1, 0.15) is 34.0 Å². The van der Waals surface area contributed by atoms with Crippen molar-refractivity contribution in [3.05, 3.63) is 88.9 Å². The second-order valence-electron chi connectivity index (χ2n) is 7.51. The molecule has 10 heteroatoms. The largest absolute Gasteiger partial charge is 0.512 e. The van der Waals surface area contributed by atoms with Gasteiger partial charge in [0.05, 0.1) is 29.3 Å². The number of halogens is 4. The summed E-state index contributed by atoms with van der Waals surface area (Å²) in [6, 6.07) is 11.3. The summed E-state index contributed by atoms with van der Waals surface area (Å²) in [6.07, 6.45) is -3.03. The summed E-state index contributed by atoms with van der Waals surface area (Å²) < 4.78 is 49.3. The molecular weight excluding hydrogens is 473 g/mol. The predicted molar refractivity (Wildman–Crippen MR) is 120 cm³/mol. The number of rotatable bonds is 5. The van der Waals surface area contributed by atoms with Crippen LogP contribution in [0.25, 0.3) is 0 Å². The van der Waals surface area contributed by atoms with E-state index >= 15 is 0 Å². The zero-order valence-electron chi connectivity index (χ0n) is 17.5. The van der Waals surface area contributed by atoms with Gasteiger partial charge in [0, 0.05) is 23.1 Å². The van der Waals surface area contributed by atoms with Crippen molar-refractivity contribution < 1.29 is 32.5 Å². The molecule has 6 nitrogen and oxygen atoms in total. The summed E-state index contributed by atoms with van der Waals surface area (Å²) in [7, 11) is 0. The molecule has 2 heterocycles. The second-order valence-corrected chi connectivity index (χ2v) is 7.92. The van der Waals surface area contributed by atoms with Gasteiger partial charge in [0.25, 0.3) is 5.91 Å². The van der Waals surface area contributed by atoms with Crippen LogP contribution in [0.3, 0.4) is 0 Å². The van der Waals surface area contributed by atoms with Crippen LogP contribution in [0, 0.1) is 0 Å². The number of carbonyl (C=O) groups excluding carboxylic acids is 1. The molecule has 2 aromatic carbocycles. The minimum absolute atomic E-state index is 0.0372. The number of hydrogen-bond acceptors (Lipinski definition) is 5. The Morgan fingerprint density at radius 3 is 2.56 bits per heavy atom. The molecule has 1 aliphatic rings. The van der Waals surface area contributed by atoms with Crippen molar-refractivity contribution in [2.75, 3.05) is 11.9 Å². The number of amides is 1. The molecule has 1 aromatic heterocycles. The zero-order chi connectivity index (χ0) is 24.5. The number of pyridine rings is 1. The van der Waals surface area contributed by atoms with Crippen molar-refractivity contribution in [1.82, 2.24) is 4.98 Å². The number of alkyl halides is 3. The van der Waals surface area contributed by atoms with Gasteiger partial charge in [0.1, 0.15) is 22.9 Å². The molecule has 0 radical (unpaired) electrons. The molecule has 0 spiro atoms. The summed E-state index contributed by atoms with van der Waals surface area (Å²) in [5, 5.41) is 12.6. The number of allylic oxidation sites excluding steroid dienone is 1. The summed E-state index contributed by atoms with van der Waals surface area (Å²) >= 11 is 6.36. The van der Waals surface area contributed by atoms with E-state index in [4.69, 9.17) is 21.1 Å². The Hall–Kier alpha value is -3.72. The molecule has 0 bridgehead atoms. The maximum Gasteiger partial charge on any atom is 0.433 e. The topological polar surface area (TPSA) is 80.7 Å². The van der Waals surface area contributed by atoms with E-state index in [2.05, 4.69) is 16.9 Å². The van der Waals surface area contributed by atoms with Gasteiger partial charge in [0.15, 0.2) is 0 Å². The normalized spacial score (nSPS) is 15.1. The quantitative estimate of drug-likeness (QED) is 0.387. The molecule has 176 valence electrons. The van der Waals surface area contributed by atoms with E-state index < -0.39 is 17.8 Å². The first-order valence-electron chi connectivity index (χ1n) is 10.1. The summed E-state index contributed by atoms with van der Waals surface area (Å²) in [5.41, 5.74) is 0.0652. The van der Waals surface area contributed by atoms with Crippen LogP contribution in [0.4, 0.5) is 18.9 Å². The fourth-order valence-corrected chi connectivity index (χ4v) is 3.66. The van der Waals surface area contributed by atoms with E-state index in [1.165, 1.54) is 12.1 Å². The first-order valence-corrected chi connectivity index (χ1v) is 10.5. The van der Waals surface area contributed by atoms with Gasteiger partial charge in [-0.25, -0.2) is 4.98 Å². The zero-order valence-corrected chi connectivity index (χ0v) is 18.3. The van der Waals surface area contributed by atoms with Gasteiger partial charge in [0.2, 0.25) is 0 Å². The van der Waals surface area contributed by atoms with Gasteiger partial charge in [-0.1, -0.05) is 18.2 Å². The highest BCUT2D eigenvalue weighted by Gasteiger charge is 2.32. The Morgan fingerprint density at radius 1 is 1.21 bits per heavy atom. The van der Waals surface area contributed by atoms with Gasteiger partial charge < -0.3 is 19.9 Å². The lowest BCUT2D eigenvalue weighted by Gasteiger charge is -2.26. The molecule has 3 aromatic rings. The van der Waals surface area contributed by atoms with Gasteiger partial charge in [-0.05, 0) is 48.9 Å². The Balaban J connectivity index is 1.45. The van der Waals surface area contributed by atoms with Crippen LogP contribution >= 0.6 is 11.6 Å². The first kappa shape index (κ1) is 23.4. The van der Waals surface area contributed by atoms with Crippen LogP contribution in [-0.2, 0) is 6.18 Å². The SMILES string of the molecule is C=C(O)C1CCOc2cc(Oc3ccc(C(=O)Nc4ccc(C(F)(F)F)nc4)cc3)c(Cl)cc21. The molecule has 1 aliphatic heterocycles. The van der Waals surface area contributed by atoms with Crippen molar-refractivity contribution in [2.24, 2.45) is 0 Å². The van der Waals surface area contributed by atoms with E-state index in [0.717, 1.165) is 23.9 Å². The first-order chi connectivity index (χ1) is 16.1. The summed E-state index contributed by atoms with van der Waals surface area (Å²) in [6.45, 7) is 4.02. The van der Waals surface area contributed by atoms with E-state index in [0.29, 0.717) is 35.3 Å². The molecule has 34 heavy (non-hydrogen) atoms. The predicted octanol–water partition coefficient (Wildman–Crippen LogP) is 6.74. The molecule has 2 N–H and O–H groups in total. The lowest BCUT2D eigenvalue weighted by Crippen LogP contribution is -2.15. The van der Waals surface area contributed by atoms with E-state index in [1.54, 1.807) is 24.3 Å². The molecule has 0 fully saturated rings. The van der Waals surface area contributed by atoms with Crippen LogP contribution in [0.15, 0.2) is 67.1 Å². The third kappa shape index (κ3) is 5.09. The van der Waals surface area contributed by atoms with Crippen LogP contribution in [-0.4, -0.2) is 22.6 Å².